The zero-order valence-corrected chi connectivity index (χ0v) is 8.07. The summed E-state index contributed by atoms with van der Waals surface area (Å²) in [5, 5.41) is 10.9. The number of primary amides is 1. The normalized spacial score (nSPS) is 17.8. The lowest BCUT2D eigenvalue weighted by Crippen LogP contribution is -2.30. The Morgan fingerprint density at radius 3 is 2.94 bits per heavy atom. The second-order valence-corrected chi connectivity index (χ2v) is 3.06. The third kappa shape index (κ3) is 1.67. The number of fused-ring (bicyclic) bond motifs is 1. The van der Waals surface area contributed by atoms with E-state index in [4.69, 9.17) is 5.73 Å². The molecule has 2 heterocycles. The number of carbonyl (C=O) groups is 1. The van der Waals surface area contributed by atoms with Crippen LogP contribution in [0, 0.1) is 10.1 Å². The molecule has 1 amide bonds. The van der Waals surface area contributed by atoms with Crippen molar-refractivity contribution in [3.8, 4) is 0 Å². The number of ether oxygens (including phenoxy) is 1. The number of hydrogen-bond acceptors (Lipinski definition) is 5. The highest BCUT2D eigenvalue weighted by Gasteiger charge is 2.30. The standard InChI is InChI=1S/C8H8N4O4/c9-8(13)16-6-1-2-10-3-4-11(12(14)15)7(10)5-6/h1,3-5H,2H2,(H2,9,13). The summed E-state index contributed by atoms with van der Waals surface area (Å²) >= 11 is 0. The number of carbonyl (C=O) groups excluding carboxylic acids is 1. The maximum absolute atomic E-state index is 10.6. The average Bonchev–Trinajstić information content (AvgIpc) is 2.59. The van der Waals surface area contributed by atoms with Crippen molar-refractivity contribution in [2.75, 3.05) is 6.54 Å². The first-order valence-corrected chi connectivity index (χ1v) is 4.35. The van der Waals surface area contributed by atoms with Crippen molar-refractivity contribution in [3.63, 3.8) is 0 Å². The Bertz CT molecular complexity index is 439. The van der Waals surface area contributed by atoms with Gasteiger partial charge < -0.3 is 15.4 Å². The van der Waals surface area contributed by atoms with Crippen LogP contribution in [0.1, 0.15) is 0 Å². The lowest BCUT2D eigenvalue weighted by atomic mass is 10.3. The summed E-state index contributed by atoms with van der Waals surface area (Å²) in [4.78, 5) is 22.8. The lowest BCUT2D eigenvalue weighted by molar-refractivity contribution is -0.629. The fourth-order valence-electron chi connectivity index (χ4n) is 1.43. The van der Waals surface area contributed by atoms with E-state index in [1.807, 2.05) is 0 Å². The van der Waals surface area contributed by atoms with Gasteiger partial charge in [0.25, 0.3) is 0 Å². The van der Waals surface area contributed by atoms with Crippen LogP contribution >= 0.6 is 0 Å². The van der Waals surface area contributed by atoms with Gasteiger partial charge >= 0.3 is 6.09 Å². The summed E-state index contributed by atoms with van der Waals surface area (Å²) in [7, 11) is 0. The van der Waals surface area contributed by atoms with E-state index >= 15 is 0 Å². The monoisotopic (exact) mass is 224 g/mol. The number of hydrazine groups is 1. The molecule has 0 atom stereocenters. The number of nitrogens with zero attached hydrogens (tertiary/aromatic N) is 3. The molecule has 0 unspecified atom stereocenters. The maximum Gasteiger partial charge on any atom is 0.409 e. The molecule has 8 nitrogen and oxygen atoms in total. The van der Waals surface area contributed by atoms with Crippen molar-refractivity contribution in [2.45, 2.75) is 0 Å². The van der Waals surface area contributed by atoms with Gasteiger partial charge in [-0.15, -0.1) is 0 Å². The Morgan fingerprint density at radius 2 is 2.31 bits per heavy atom. The number of amides is 1. The molecule has 2 N–H and O–H groups in total. The van der Waals surface area contributed by atoms with E-state index in [0.717, 1.165) is 5.01 Å². The molecule has 0 aromatic heterocycles. The smallest absolute Gasteiger partial charge is 0.409 e. The molecule has 8 heteroatoms. The van der Waals surface area contributed by atoms with Crippen LogP contribution in [0.15, 0.2) is 36.1 Å². The fourth-order valence-corrected chi connectivity index (χ4v) is 1.43. The van der Waals surface area contributed by atoms with Crippen molar-refractivity contribution in [1.82, 2.24) is 9.91 Å². The molecule has 2 aliphatic rings. The molecule has 0 radical (unpaired) electrons. The van der Waals surface area contributed by atoms with Crippen molar-refractivity contribution in [3.05, 3.63) is 46.2 Å². The van der Waals surface area contributed by atoms with Gasteiger partial charge in [-0.05, 0) is 6.08 Å². The van der Waals surface area contributed by atoms with Gasteiger partial charge in [0, 0.05) is 18.8 Å². The highest BCUT2D eigenvalue weighted by molar-refractivity contribution is 5.66. The van der Waals surface area contributed by atoms with Crippen molar-refractivity contribution in [1.29, 1.82) is 0 Å². The van der Waals surface area contributed by atoms with Gasteiger partial charge in [-0.2, -0.15) is 0 Å². The first-order valence-electron chi connectivity index (χ1n) is 4.35. The van der Waals surface area contributed by atoms with Gasteiger partial charge in [0.1, 0.15) is 5.76 Å². The third-order valence-corrected chi connectivity index (χ3v) is 2.07. The van der Waals surface area contributed by atoms with Gasteiger partial charge in [0.2, 0.25) is 0 Å². The molecule has 2 aliphatic heterocycles. The fraction of sp³-hybridized carbons (Fsp3) is 0.125. The predicted molar refractivity (Wildman–Crippen MR) is 51.5 cm³/mol. The van der Waals surface area contributed by atoms with Crippen LogP contribution in [-0.2, 0) is 4.74 Å². The summed E-state index contributed by atoms with van der Waals surface area (Å²) < 4.78 is 4.65. The number of nitro groups is 1. The number of allylic oxidation sites excluding steroid dienone is 1. The van der Waals surface area contributed by atoms with E-state index in [2.05, 4.69) is 4.74 Å². The molecule has 0 saturated carbocycles. The maximum atomic E-state index is 10.6. The van der Waals surface area contributed by atoms with E-state index in [9.17, 15) is 14.9 Å². The molecule has 0 aliphatic carbocycles. The second-order valence-electron chi connectivity index (χ2n) is 3.06. The summed E-state index contributed by atoms with van der Waals surface area (Å²) in [5.41, 5.74) is 4.85. The first-order chi connectivity index (χ1) is 7.58. The molecule has 16 heavy (non-hydrogen) atoms. The van der Waals surface area contributed by atoms with E-state index in [0.29, 0.717) is 12.4 Å². The molecule has 0 aromatic carbocycles. The molecule has 2 rings (SSSR count). The topological polar surface area (TPSA) is 102 Å². The number of hydrogen-bond donors (Lipinski definition) is 1. The van der Waals surface area contributed by atoms with Crippen LogP contribution in [0.2, 0.25) is 0 Å². The van der Waals surface area contributed by atoms with Crippen molar-refractivity contribution in [2.24, 2.45) is 5.73 Å². The Hall–Kier alpha value is -2.51. The molecular weight excluding hydrogens is 216 g/mol. The van der Waals surface area contributed by atoms with Gasteiger partial charge in [-0.1, -0.05) is 5.01 Å². The Balaban J connectivity index is 2.21. The van der Waals surface area contributed by atoms with Crippen LogP contribution in [0.4, 0.5) is 4.79 Å². The highest BCUT2D eigenvalue weighted by Crippen LogP contribution is 2.24. The SMILES string of the molecule is NC(=O)OC1=CCN2C=CN([N+](=O)[O-])C2=C1. The van der Waals surface area contributed by atoms with E-state index in [-0.39, 0.29) is 5.76 Å². The highest BCUT2D eigenvalue weighted by atomic mass is 16.7. The minimum absolute atomic E-state index is 0.203. The molecule has 84 valence electrons. The molecule has 0 aromatic rings. The van der Waals surface area contributed by atoms with E-state index in [1.54, 1.807) is 17.2 Å². The predicted octanol–water partition coefficient (Wildman–Crippen LogP) is 0.101. The minimum atomic E-state index is -0.949. The van der Waals surface area contributed by atoms with Gasteiger partial charge in [0.15, 0.2) is 10.9 Å². The first kappa shape index (κ1) is 10.0. The van der Waals surface area contributed by atoms with Crippen LogP contribution < -0.4 is 5.73 Å². The zero-order valence-electron chi connectivity index (χ0n) is 8.07. The largest absolute Gasteiger partial charge is 0.411 e. The third-order valence-electron chi connectivity index (χ3n) is 2.07. The number of nitrogens with two attached hydrogens (primary N) is 1. The molecule has 0 saturated heterocycles. The Kier molecular flexibility index (Phi) is 2.24. The molecule has 0 fully saturated rings. The quantitative estimate of drug-likeness (QED) is 0.527. The summed E-state index contributed by atoms with van der Waals surface area (Å²) in [6.07, 6.45) is 4.90. The van der Waals surface area contributed by atoms with Crippen LogP contribution in [0.5, 0.6) is 0 Å². The second kappa shape index (κ2) is 3.57. The van der Waals surface area contributed by atoms with Gasteiger partial charge in [0.05, 0.1) is 6.20 Å². The molecule has 0 bridgehead atoms. The molecule has 0 spiro atoms. The zero-order chi connectivity index (χ0) is 11.7. The summed E-state index contributed by atoms with van der Waals surface area (Å²) in [6.45, 7) is 0.384. The molecular formula is C8H8N4O4. The average molecular weight is 224 g/mol. The van der Waals surface area contributed by atoms with E-state index < -0.39 is 11.1 Å². The number of rotatable bonds is 2. The van der Waals surface area contributed by atoms with E-state index in [1.165, 1.54) is 12.3 Å². The van der Waals surface area contributed by atoms with Crippen LogP contribution in [0.3, 0.4) is 0 Å². The van der Waals surface area contributed by atoms with Crippen LogP contribution in [0.25, 0.3) is 0 Å². The van der Waals surface area contributed by atoms with Gasteiger partial charge in [-0.3, -0.25) is 0 Å². The van der Waals surface area contributed by atoms with Crippen molar-refractivity contribution < 1.29 is 14.6 Å². The minimum Gasteiger partial charge on any atom is -0.411 e. The Morgan fingerprint density at radius 1 is 1.56 bits per heavy atom. The van der Waals surface area contributed by atoms with Crippen LogP contribution in [-0.4, -0.2) is 27.6 Å². The van der Waals surface area contributed by atoms with Crippen molar-refractivity contribution >= 4 is 6.09 Å². The lowest BCUT2D eigenvalue weighted by Gasteiger charge is -2.21. The summed E-state index contributed by atoms with van der Waals surface area (Å²) in [5.74, 6) is 0.512. The summed E-state index contributed by atoms with van der Waals surface area (Å²) in [6, 6.07) is 0. The Labute approximate surface area is 90.0 Å². The van der Waals surface area contributed by atoms with Gasteiger partial charge in [-0.25, -0.2) is 14.9 Å².